The van der Waals surface area contributed by atoms with Gasteiger partial charge in [-0.05, 0) is 31.5 Å². The zero-order valence-corrected chi connectivity index (χ0v) is 14.0. The quantitative estimate of drug-likeness (QED) is 0.894. The summed E-state index contributed by atoms with van der Waals surface area (Å²) in [5.41, 5.74) is 1.02. The lowest BCUT2D eigenvalue weighted by molar-refractivity contribution is -0.147. The highest BCUT2D eigenvalue weighted by molar-refractivity contribution is 5.79. The summed E-state index contributed by atoms with van der Waals surface area (Å²) >= 11 is 0. The van der Waals surface area contributed by atoms with Gasteiger partial charge in [-0.25, -0.2) is 0 Å². The van der Waals surface area contributed by atoms with E-state index in [2.05, 4.69) is 11.0 Å². The van der Waals surface area contributed by atoms with E-state index in [4.69, 9.17) is 0 Å². The lowest BCUT2D eigenvalue weighted by Gasteiger charge is -2.51. The predicted molar refractivity (Wildman–Crippen MR) is 91.2 cm³/mol. The van der Waals surface area contributed by atoms with Gasteiger partial charge < -0.3 is 14.9 Å². The molecule has 1 amide bonds. The fourth-order valence-electron chi connectivity index (χ4n) is 3.99. The van der Waals surface area contributed by atoms with Crippen molar-refractivity contribution in [3.8, 4) is 6.07 Å². The first-order valence-corrected chi connectivity index (χ1v) is 8.85. The Morgan fingerprint density at radius 1 is 1.21 bits per heavy atom. The van der Waals surface area contributed by atoms with Crippen molar-refractivity contribution in [1.82, 2.24) is 9.80 Å². The zero-order valence-electron chi connectivity index (χ0n) is 14.0. The number of carbonyl (C=O) groups is 1. The van der Waals surface area contributed by atoms with Crippen molar-refractivity contribution in [3.05, 3.63) is 35.9 Å². The number of hydrogen-bond acceptors (Lipinski definition) is 4. The second-order valence-corrected chi connectivity index (χ2v) is 6.71. The summed E-state index contributed by atoms with van der Waals surface area (Å²) in [6.07, 6.45) is 4.11. The summed E-state index contributed by atoms with van der Waals surface area (Å²) in [6.45, 7) is 2.77. The minimum atomic E-state index is -0.474. The van der Waals surface area contributed by atoms with E-state index in [1.807, 2.05) is 30.3 Å². The number of benzene rings is 1. The summed E-state index contributed by atoms with van der Waals surface area (Å²) in [5, 5.41) is 19.3. The summed E-state index contributed by atoms with van der Waals surface area (Å²) < 4.78 is 0. The van der Waals surface area contributed by atoms with Gasteiger partial charge in [0.2, 0.25) is 5.91 Å². The van der Waals surface area contributed by atoms with Crippen molar-refractivity contribution >= 4 is 5.91 Å². The third kappa shape index (κ3) is 3.31. The average Bonchev–Trinajstić information content (AvgIpc) is 2.61. The van der Waals surface area contributed by atoms with E-state index in [0.29, 0.717) is 6.42 Å². The molecule has 0 spiro atoms. The molecule has 0 unspecified atom stereocenters. The molecule has 2 fully saturated rings. The van der Waals surface area contributed by atoms with Crippen LogP contribution in [0.5, 0.6) is 0 Å². The predicted octanol–water partition coefficient (Wildman–Crippen LogP) is 1.74. The van der Waals surface area contributed by atoms with Gasteiger partial charge in [0.15, 0.2) is 0 Å². The number of amides is 1. The van der Waals surface area contributed by atoms with Crippen molar-refractivity contribution in [2.24, 2.45) is 0 Å². The number of nitrogens with zero attached hydrogens (tertiary/aromatic N) is 3. The summed E-state index contributed by atoms with van der Waals surface area (Å²) in [6, 6.07) is 11.2. The molecule has 0 radical (unpaired) electrons. The summed E-state index contributed by atoms with van der Waals surface area (Å²) in [5.74, 6) is -0.113. The first kappa shape index (κ1) is 16.9. The second kappa shape index (κ2) is 7.78. The van der Waals surface area contributed by atoms with Gasteiger partial charge in [0.25, 0.3) is 0 Å². The van der Waals surface area contributed by atoms with Crippen LogP contribution in [0.15, 0.2) is 30.3 Å². The molecule has 2 heterocycles. The van der Waals surface area contributed by atoms with Gasteiger partial charge in [-0.2, -0.15) is 5.26 Å². The summed E-state index contributed by atoms with van der Waals surface area (Å²) in [4.78, 5) is 16.5. The minimum absolute atomic E-state index is 0.0154. The fraction of sp³-hybridized carbons (Fsp3) is 0.579. The molecular weight excluding hydrogens is 302 g/mol. The Hall–Kier alpha value is -1.90. The molecule has 3 rings (SSSR count). The van der Waals surface area contributed by atoms with Gasteiger partial charge >= 0.3 is 0 Å². The molecule has 1 aromatic rings. The Labute approximate surface area is 143 Å². The monoisotopic (exact) mass is 327 g/mol. The van der Waals surface area contributed by atoms with E-state index in [9.17, 15) is 15.2 Å². The molecular formula is C19H25N3O2. The first-order valence-electron chi connectivity index (χ1n) is 8.85. The molecule has 0 aromatic heterocycles. The molecule has 0 saturated carbocycles. The van der Waals surface area contributed by atoms with Crippen LogP contribution < -0.4 is 0 Å². The number of carbonyl (C=O) groups excluding carboxylic acids is 1. The lowest BCUT2D eigenvalue weighted by Crippen LogP contribution is -2.65. The molecule has 5 nitrogen and oxygen atoms in total. The van der Waals surface area contributed by atoms with Gasteiger partial charge in [-0.15, -0.1) is 0 Å². The molecule has 3 atom stereocenters. The lowest BCUT2D eigenvalue weighted by atomic mass is 9.75. The molecule has 5 heteroatoms. The topological polar surface area (TPSA) is 67.6 Å². The van der Waals surface area contributed by atoms with Crippen molar-refractivity contribution in [1.29, 1.82) is 5.26 Å². The van der Waals surface area contributed by atoms with Gasteiger partial charge in [-0.1, -0.05) is 36.8 Å². The highest BCUT2D eigenvalue weighted by Crippen LogP contribution is 2.40. The molecule has 2 saturated heterocycles. The smallest absolute Gasteiger partial charge is 0.225 e. The number of nitriles is 1. The van der Waals surface area contributed by atoms with Gasteiger partial charge in [0.1, 0.15) is 6.04 Å². The highest BCUT2D eigenvalue weighted by atomic mass is 16.3. The van der Waals surface area contributed by atoms with Crippen LogP contribution in [0.1, 0.15) is 37.2 Å². The van der Waals surface area contributed by atoms with Crippen molar-refractivity contribution in [3.63, 3.8) is 0 Å². The summed E-state index contributed by atoms with van der Waals surface area (Å²) in [7, 11) is 0. The maximum absolute atomic E-state index is 12.6. The van der Waals surface area contributed by atoms with Crippen molar-refractivity contribution < 1.29 is 9.90 Å². The number of likely N-dealkylation sites (tertiary alicyclic amines) is 2. The van der Waals surface area contributed by atoms with E-state index in [-0.39, 0.29) is 24.5 Å². The third-order valence-electron chi connectivity index (χ3n) is 5.29. The third-order valence-corrected chi connectivity index (χ3v) is 5.29. The minimum Gasteiger partial charge on any atom is -0.394 e. The zero-order chi connectivity index (χ0) is 16.9. The molecule has 2 aliphatic rings. The fourth-order valence-corrected chi connectivity index (χ4v) is 3.99. The van der Waals surface area contributed by atoms with E-state index in [1.165, 1.54) is 19.3 Å². The van der Waals surface area contributed by atoms with Crippen LogP contribution in [-0.4, -0.2) is 59.1 Å². The second-order valence-electron chi connectivity index (χ2n) is 6.71. The van der Waals surface area contributed by atoms with Crippen LogP contribution in [0.25, 0.3) is 0 Å². The molecule has 128 valence electrons. The van der Waals surface area contributed by atoms with Crippen LogP contribution >= 0.6 is 0 Å². The standard InChI is InChI=1S/C19H25N3O2/c20-13-16-19(15-7-3-1-4-8-15)17(14-23)22(16)18(24)9-12-21-10-5-2-6-11-21/h1,3-4,7-8,16-17,19,23H,2,5-6,9-12,14H2/t16-,17+,19-/m1/s1. The average molecular weight is 327 g/mol. The molecule has 1 N–H and O–H groups in total. The Bertz CT molecular complexity index is 592. The van der Waals surface area contributed by atoms with Crippen LogP contribution in [0.4, 0.5) is 0 Å². The molecule has 0 aliphatic carbocycles. The van der Waals surface area contributed by atoms with Crippen LogP contribution in [0, 0.1) is 11.3 Å². The molecule has 2 aliphatic heterocycles. The van der Waals surface area contributed by atoms with Crippen molar-refractivity contribution in [2.45, 2.75) is 43.7 Å². The Balaban J connectivity index is 1.64. The van der Waals surface area contributed by atoms with E-state index in [1.54, 1.807) is 4.90 Å². The highest BCUT2D eigenvalue weighted by Gasteiger charge is 2.51. The number of aliphatic hydroxyl groups excluding tert-OH is 1. The normalized spacial score (nSPS) is 27.3. The van der Waals surface area contributed by atoms with Gasteiger partial charge in [-0.3, -0.25) is 4.79 Å². The molecule has 0 bridgehead atoms. The molecule has 1 aromatic carbocycles. The Morgan fingerprint density at radius 3 is 2.54 bits per heavy atom. The number of hydrogen-bond donors (Lipinski definition) is 1. The number of rotatable bonds is 5. The Kier molecular flexibility index (Phi) is 5.49. The largest absolute Gasteiger partial charge is 0.394 e. The number of piperidine rings is 1. The molecule has 24 heavy (non-hydrogen) atoms. The SMILES string of the molecule is N#C[C@@H]1[C@@H](c2ccccc2)[C@H](CO)N1C(=O)CCN1CCCCC1. The first-order chi connectivity index (χ1) is 11.8. The van der Waals surface area contributed by atoms with E-state index >= 15 is 0 Å². The maximum atomic E-state index is 12.6. The maximum Gasteiger partial charge on any atom is 0.225 e. The van der Waals surface area contributed by atoms with Gasteiger partial charge in [0.05, 0.1) is 18.7 Å². The van der Waals surface area contributed by atoms with Crippen LogP contribution in [0.2, 0.25) is 0 Å². The van der Waals surface area contributed by atoms with E-state index < -0.39 is 6.04 Å². The van der Waals surface area contributed by atoms with Gasteiger partial charge in [0, 0.05) is 18.9 Å². The Morgan fingerprint density at radius 2 is 1.92 bits per heavy atom. The van der Waals surface area contributed by atoms with Crippen LogP contribution in [0.3, 0.4) is 0 Å². The number of aliphatic hydroxyl groups is 1. The van der Waals surface area contributed by atoms with E-state index in [0.717, 1.165) is 25.2 Å². The van der Waals surface area contributed by atoms with Crippen molar-refractivity contribution in [2.75, 3.05) is 26.2 Å². The van der Waals surface area contributed by atoms with Crippen LogP contribution in [-0.2, 0) is 4.79 Å².